The van der Waals surface area contributed by atoms with Gasteiger partial charge in [0, 0.05) is 25.7 Å². The van der Waals surface area contributed by atoms with Crippen LogP contribution in [0.3, 0.4) is 0 Å². The van der Waals surface area contributed by atoms with E-state index in [1.54, 1.807) is 0 Å². The Balaban J connectivity index is 1.90. The van der Waals surface area contributed by atoms with Gasteiger partial charge in [-0.25, -0.2) is 9.18 Å². The van der Waals surface area contributed by atoms with Crippen molar-refractivity contribution in [1.29, 1.82) is 0 Å². The van der Waals surface area contributed by atoms with Crippen molar-refractivity contribution in [3.63, 3.8) is 0 Å². The molecule has 1 unspecified atom stereocenters. The van der Waals surface area contributed by atoms with Crippen LogP contribution < -0.4 is 5.32 Å². The molecule has 0 fully saturated rings. The number of aliphatic carboxylic acids is 1. The molecule has 6 nitrogen and oxygen atoms in total. The van der Waals surface area contributed by atoms with E-state index < -0.39 is 29.4 Å². The molecular formula is C16H16FN3O3. The number of terminal acetylenes is 1. The summed E-state index contributed by atoms with van der Waals surface area (Å²) in [6, 6.07) is 3.73. The van der Waals surface area contributed by atoms with E-state index in [1.165, 1.54) is 12.1 Å². The van der Waals surface area contributed by atoms with E-state index in [-0.39, 0.29) is 6.42 Å². The number of nitrogens with zero attached hydrogens (tertiary/aromatic N) is 2. The van der Waals surface area contributed by atoms with Gasteiger partial charge in [-0.1, -0.05) is 12.1 Å². The zero-order valence-corrected chi connectivity index (χ0v) is 12.3. The molecule has 0 aromatic heterocycles. The van der Waals surface area contributed by atoms with Crippen LogP contribution >= 0.6 is 0 Å². The van der Waals surface area contributed by atoms with E-state index >= 15 is 0 Å². The highest BCUT2D eigenvalue weighted by molar-refractivity contribution is 5.84. The van der Waals surface area contributed by atoms with Gasteiger partial charge in [-0.2, -0.15) is 10.2 Å². The first kappa shape index (κ1) is 16.6. The molecule has 1 aliphatic rings. The maximum Gasteiger partial charge on any atom is 0.330 e. The number of nitrogens with one attached hydrogen (secondary N) is 1. The van der Waals surface area contributed by atoms with Gasteiger partial charge in [-0.15, -0.1) is 12.3 Å². The van der Waals surface area contributed by atoms with E-state index in [9.17, 15) is 19.1 Å². The van der Waals surface area contributed by atoms with Crippen molar-refractivity contribution in [2.75, 3.05) is 0 Å². The second-order valence-electron chi connectivity index (χ2n) is 5.28. The van der Waals surface area contributed by atoms with Crippen molar-refractivity contribution >= 4 is 11.9 Å². The van der Waals surface area contributed by atoms with Crippen LogP contribution in [0.2, 0.25) is 0 Å². The highest BCUT2D eigenvalue weighted by atomic mass is 19.1. The van der Waals surface area contributed by atoms with Crippen molar-refractivity contribution < 1.29 is 19.1 Å². The monoisotopic (exact) mass is 317 g/mol. The summed E-state index contributed by atoms with van der Waals surface area (Å²) >= 11 is 0. The molecule has 0 bridgehead atoms. The molecule has 2 N–H and O–H groups in total. The zero-order valence-electron chi connectivity index (χ0n) is 12.3. The Hall–Kier alpha value is -2.75. The van der Waals surface area contributed by atoms with Crippen LogP contribution in [0.5, 0.6) is 0 Å². The van der Waals surface area contributed by atoms with Crippen molar-refractivity contribution in [3.05, 3.63) is 35.6 Å². The summed E-state index contributed by atoms with van der Waals surface area (Å²) in [6.07, 6.45) is 6.76. The third-order valence-corrected chi connectivity index (χ3v) is 3.56. The van der Waals surface area contributed by atoms with E-state index in [1.807, 2.05) is 0 Å². The summed E-state index contributed by atoms with van der Waals surface area (Å²) in [6.45, 7) is 0. The SMILES string of the molecule is C#CCCC1(CCC(=O)NC(C(=O)O)c2ccc(F)cc2)N=N1. The van der Waals surface area contributed by atoms with Crippen LogP contribution in [0.15, 0.2) is 34.5 Å². The van der Waals surface area contributed by atoms with Gasteiger partial charge in [0.1, 0.15) is 5.82 Å². The molecule has 1 aromatic carbocycles. The van der Waals surface area contributed by atoms with Crippen LogP contribution in [0.4, 0.5) is 4.39 Å². The van der Waals surface area contributed by atoms with Crippen LogP contribution in [0.1, 0.15) is 37.3 Å². The molecule has 23 heavy (non-hydrogen) atoms. The predicted octanol–water partition coefficient (Wildman–Crippen LogP) is 2.42. The quantitative estimate of drug-likeness (QED) is 0.721. The zero-order chi connectivity index (χ0) is 16.9. The van der Waals surface area contributed by atoms with Gasteiger partial charge in [0.15, 0.2) is 11.7 Å². The third-order valence-electron chi connectivity index (χ3n) is 3.56. The fraction of sp³-hybridized carbons (Fsp3) is 0.375. The fourth-order valence-corrected chi connectivity index (χ4v) is 2.16. The number of carboxylic acid groups (broad SMARTS) is 1. The van der Waals surface area contributed by atoms with Crippen molar-refractivity contribution in [2.45, 2.75) is 37.4 Å². The molecular weight excluding hydrogens is 301 g/mol. The first-order valence-corrected chi connectivity index (χ1v) is 7.11. The number of halogens is 1. The van der Waals surface area contributed by atoms with Crippen molar-refractivity contribution in [1.82, 2.24) is 5.32 Å². The first-order chi connectivity index (χ1) is 11.0. The number of carbonyl (C=O) groups excluding carboxylic acids is 1. The van der Waals surface area contributed by atoms with Gasteiger partial charge in [0.2, 0.25) is 5.91 Å². The minimum Gasteiger partial charge on any atom is -0.479 e. The lowest BCUT2D eigenvalue weighted by Crippen LogP contribution is -2.34. The lowest BCUT2D eigenvalue weighted by molar-refractivity contribution is -0.142. The van der Waals surface area contributed by atoms with E-state index in [2.05, 4.69) is 21.5 Å². The molecule has 0 spiro atoms. The Bertz CT molecular complexity index is 658. The van der Waals surface area contributed by atoms with Crippen LogP contribution in [-0.4, -0.2) is 22.6 Å². The summed E-state index contributed by atoms with van der Waals surface area (Å²) in [5, 5.41) is 19.5. The molecule has 0 saturated carbocycles. The molecule has 1 atom stereocenters. The normalized spacial score (nSPS) is 15.5. The van der Waals surface area contributed by atoms with Gasteiger partial charge in [-0.3, -0.25) is 4.79 Å². The van der Waals surface area contributed by atoms with Crippen molar-refractivity contribution in [2.24, 2.45) is 10.2 Å². The maximum atomic E-state index is 12.9. The highest BCUT2D eigenvalue weighted by Crippen LogP contribution is 2.37. The van der Waals surface area contributed by atoms with Crippen LogP contribution in [-0.2, 0) is 9.59 Å². The Morgan fingerprint density at radius 3 is 2.48 bits per heavy atom. The van der Waals surface area contributed by atoms with Crippen molar-refractivity contribution in [3.8, 4) is 12.3 Å². The second-order valence-corrected chi connectivity index (χ2v) is 5.28. The molecule has 1 aliphatic heterocycles. The standard InChI is InChI=1S/C16H16FN3O3/c1-2-3-9-16(19-20-16)10-8-13(21)18-14(15(22)23)11-4-6-12(17)7-5-11/h1,4-7,14H,3,8-10H2,(H,18,21)(H,22,23). The number of rotatable bonds is 8. The van der Waals surface area contributed by atoms with Gasteiger partial charge in [0.05, 0.1) is 0 Å². The third kappa shape index (κ3) is 4.61. The molecule has 120 valence electrons. The molecule has 0 aliphatic carbocycles. The summed E-state index contributed by atoms with van der Waals surface area (Å²) in [4.78, 5) is 23.3. The van der Waals surface area contributed by atoms with Crippen LogP contribution in [0, 0.1) is 18.2 Å². The minimum absolute atomic E-state index is 0.0859. The molecule has 1 heterocycles. The van der Waals surface area contributed by atoms with E-state index in [0.717, 1.165) is 12.1 Å². The van der Waals surface area contributed by atoms with Gasteiger partial charge < -0.3 is 10.4 Å². The molecule has 0 saturated heterocycles. The lowest BCUT2D eigenvalue weighted by Gasteiger charge is -2.15. The predicted molar refractivity (Wildman–Crippen MR) is 79.8 cm³/mol. The molecule has 2 rings (SSSR count). The Morgan fingerprint density at radius 2 is 1.96 bits per heavy atom. The maximum absolute atomic E-state index is 12.9. The summed E-state index contributed by atoms with van der Waals surface area (Å²) in [5.74, 6) is 0.374. The Morgan fingerprint density at radius 1 is 1.30 bits per heavy atom. The largest absolute Gasteiger partial charge is 0.479 e. The van der Waals surface area contributed by atoms with E-state index in [0.29, 0.717) is 24.8 Å². The van der Waals surface area contributed by atoms with Gasteiger partial charge >= 0.3 is 5.97 Å². The lowest BCUT2D eigenvalue weighted by atomic mass is 10.0. The summed E-state index contributed by atoms with van der Waals surface area (Å²) in [7, 11) is 0. The smallest absolute Gasteiger partial charge is 0.330 e. The minimum atomic E-state index is -1.22. The molecule has 1 amide bonds. The number of carbonyl (C=O) groups is 2. The number of amides is 1. The number of hydrogen-bond donors (Lipinski definition) is 2. The summed E-state index contributed by atoms with van der Waals surface area (Å²) in [5.41, 5.74) is -0.284. The Labute approximate surface area is 132 Å². The molecule has 1 aromatic rings. The van der Waals surface area contributed by atoms with Gasteiger partial charge in [-0.05, 0) is 17.7 Å². The number of benzene rings is 1. The van der Waals surface area contributed by atoms with Gasteiger partial charge in [0.25, 0.3) is 0 Å². The van der Waals surface area contributed by atoms with E-state index in [4.69, 9.17) is 6.42 Å². The molecule has 7 heteroatoms. The van der Waals surface area contributed by atoms with Crippen LogP contribution in [0.25, 0.3) is 0 Å². The number of carboxylic acids is 1. The topological polar surface area (TPSA) is 91.1 Å². The Kier molecular flexibility index (Phi) is 5.06. The first-order valence-electron chi connectivity index (χ1n) is 7.11. The second kappa shape index (κ2) is 7.01. The molecule has 0 radical (unpaired) electrons. The average Bonchev–Trinajstić information content (AvgIpc) is 3.30. The fourth-order valence-electron chi connectivity index (χ4n) is 2.16. The highest BCUT2D eigenvalue weighted by Gasteiger charge is 2.39. The average molecular weight is 317 g/mol. The number of hydrogen-bond acceptors (Lipinski definition) is 4. The summed E-state index contributed by atoms with van der Waals surface area (Å²) < 4.78 is 12.9.